The number of nitrogens with zero attached hydrogens (tertiary/aromatic N) is 6. The summed E-state index contributed by atoms with van der Waals surface area (Å²) in [5.74, 6) is 0.447. The van der Waals surface area contributed by atoms with Crippen molar-refractivity contribution in [1.82, 2.24) is 0 Å². The Balaban J connectivity index is 1.78. The SMILES string of the molecule is COc1cc(/N=N/c2ccc(C)cc2[N+](=O)[O-])c(C)cc1N=Nc1ccc(N(C)CCCC=O)cc1. The molecule has 10 nitrogen and oxygen atoms in total. The summed E-state index contributed by atoms with van der Waals surface area (Å²) in [6.45, 7) is 4.41. The quantitative estimate of drug-likeness (QED) is 0.0911. The van der Waals surface area contributed by atoms with E-state index in [9.17, 15) is 14.9 Å². The highest BCUT2D eigenvalue weighted by atomic mass is 16.6. The number of anilines is 1. The average molecular weight is 489 g/mol. The molecule has 0 heterocycles. The van der Waals surface area contributed by atoms with Crippen LogP contribution in [0.15, 0.2) is 75.1 Å². The van der Waals surface area contributed by atoms with E-state index >= 15 is 0 Å². The number of aldehydes is 1. The minimum Gasteiger partial charge on any atom is -0.494 e. The number of benzene rings is 3. The third kappa shape index (κ3) is 6.78. The summed E-state index contributed by atoms with van der Waals surface area (Å²) < 4.78 is 5.46. The molecule has 10 heteroatoms. The van der Waals surface area contributed by atoms with E-state index in [1.165, 1.54) is 13.2 Å². The summed E-state index contributed by atoms with van der Waals surface area (Å²) >= 11 is 0. The first kappa shape index (κ1) is 26.1. The predicted molar refractivity (Wildman–Crippen MR) is 139 cm³/mol. The van der Waals surface area contributed by atoms with Crippen LogP contribution in [0.25, 0.3) is 0 Å². The molecule has 0 spiro atoms. The number of hydrogen-bond acceptors (Lipinski definition) is 9. The number of nitro groups is 1. The summed E-state index contributed by atoms with van der Waals surface area (Å²) in [6.07, 6.45) is 2.28. The fraction of sp³-hybridized carbons (Fsp3) is 0.269. The first-order valence-corrected chi connectivity index (χ1v) is 11.3. The van der Waals surface area contributed by atoms with Gasteiger partial charge in [0.15, 0.2) is 5.69 Å². The Morgan fingerprint density at radius 1 is 0.944 bits per heavy atom. The van der Waals surface area contributed by atoms with Crippen molar-refractivity contribution < 1.29 is 14.5 Å². The van der Waals surface area contributed by atoms with E-state index in [-0.39, 0.29) is 11.4 Å². The van der Waals surface area contributed by atoms with Gasteiger partial charge in [-0.25, -0.2) is 0 Å². The van der Waals surface area contributed by atoms with Crippen LogP contribution in [-0.2, 0) is 4.79 Å². The Hall–Kier alpha value is -4.47. The molecule has 0 saturated heterocycles. The number of hydrogen-bond donors (Lipinski definition) is 0. The van der Waals surface area contributed by atoms with Crippen LogP contribution < -0.4 is 9.64 Å². The van der Waals surface area contributed by atoms with E-state index < -0.39 is 4.92 Å². The molecule has 186 valence electrons. The molecule has 0 bridgehead atoms. The molecule has 0 aliphatic rings. The highest BCUT2D eigenvalue weighted by Crippen LogP contribution is 2.37. The van der Waals surface area contributed by atoms with Gasteiger partial charge >= 0.3 is 0 Å². The topological polar surface area (TPSA) is 122 Å². The van der Waals surface area contributed by atoms with E-state index in [1.807, 2.05) is 38.2 Å². The van der Waals surface area contributed by atoms with Gasteiger partial charge in [-0.2, -0.15) is 5.11 Å². The third-order valence-electron chi connectivity index (χ3n) is 5.47. The van der Waals surface area contributed by atoms with Gasteiger partial charge in [-0.05, 0) is 67.8 Å². The Morgan fingerprint density at radius 3 is 2.31 bits per heavy atom. The monoisotopic (exact) mass is 488 g/mol. The smallest absolute Gasteiger partial charge is 0.296 e. The minimum absolute atomic E-state index is 0.105. The summed E-state index contributed by atoms with van der Waals surface area (Å²) in [5, 5.41) is 28.3. The standard InChI is InChI=1S/C26H28N6O4/c1-18-7-12-22(25(15-18)32(34)35)28-29-23-17-26(36-4)24(16-19(23)2)30-27-20-8-10-21(11-9-20)31(3)13-5-6-14-33/h7-12,14-17H,5-6,13H2,1-4H3/b29-28+,30-27?. The van der Waals surface area contributed by atoms with Crippen molar-refractivity contribution in [3.05, 3.63) is 75.8 Å². The molecule has 0 N–H and O–H groups in total. The van der Waals surface area contributed by atoms with Crippen molar-refractivity contribution in [2.75, 3.05) is 25.6 Å². The van der Waals surface area contributed by atoms with Crippen molar-refractivity contribution in [3.8, 4) is 5.75 Å². The average Bonchev–Trinajstić information content (AvgIpc) is 2.87. The van der Waals surface area contributed by atoms with Gasteiger partial charge in [0.1, 0.15) is 17.7 Å². The van der Waals surface area contributed by atoms with Crippen LogP contribution in [0, 0.1) is 24.0 Å². The molecule has 0 radical (unpaired) electrons. The van der Waals surface area contributed by atoms with Gasteiger partial charge in [0, 0.05) is 37.8 Å². The molecule has 0 amide bonds. The second-order valence-electron chi connectivity index (χ2n) is 8.21. The van der Waals surface area contributed by atoms with E-state index in [0.717, 1.165) is 36.1 Å². The molecule has 3 aromatic rings. The molecule has 3 aromatic carbocycles. The number of nitro benzene ring substituents is 1. The molecular weight excluding hydrogens is 460 g/mol. The Kier molecular flexibility index (Phi) is 8.93. The fourth-order valence-electron chi connectivity index (χ4n) is 3.41. The number of carbonyl (C=O) groups excluding carboxylic acids is 1. The van der Waals surface area contributed by atoms with Crippen molar-refractivity contribution >= 4 is 40.4 Å². The molecule has 0 fully saturated rings. The molecule has 0 aromatic heterocycles. The highest BCUT2D eigenvalue weighted by molar-refractivity contribution is 5.64. The van der Waals surface area contributed by atoms with Gasteiger partial charge in [0.05, 0.1) is 23.4 Å². The zero-order valence-corrected chi connectivity index (χ0v) is 20.7. The number of azo groups is 2. The maximum Gasteiger partial charge on any atom is 0.296 e. The lowest BCUT2D eigenvalue weighted by molar-refractivity contribution is -0.384. The zero-order valence-electron chi connectivity index (χ0n) is 20.7. The number of carbonyl (C=O) groups is 1. The van der Waals surface area contributed by atoms with Crippen LogP contribution in [0.2, 0.25) is 0 Å². The molecular formula is C26H28N6O4. The Morgan fingerprint density at radius 2 is 1.64 bits per heavy atom. The van der Waals surface area contributed by atoms with Gasteiger partial charge in [-0.15, -0.1) is 15.3 Å². The highest BCUT2D eigenvalue weighted by Gasteiger charge is 2.14. The largest absolute Gasteiger partial charge is 0.494 e. The molecule has 0 aliphatic carbocycles. The molecule has 0 saturated carbocycles. The summed E-state index contributed by atoms with van der Waals surface area (Å²) in [4.78, 5) is 23.4. The van der Waals surface area contributed by atoms with E-state index in [0.29, 0.717) is 29.2 Å². The summed E-state index contributed by atoms with van der Waals surface area (Å²) in [5.41, 5.74) is 4.32. The van der Waals surface area contributed by atoms with Crippen molar-refractivity contribution in [2.45, 2.75) is 26.7 Å². The second-order valence-corrected chi connectivity index (χ2v) is 8.21. The van der Waals surface area contributed by atoms with Gasteiger partial charge in [-0.1, -0.05) is 6.07 Å². The van der Waals surface area contributed by atoms with Crippen LogP contribution in [-0.4, -0.2) is 31.9 Å². The number of aryl methyl sites for hydroxylation is 2. The number of ether oxygens (including phenoxy) is 1. The van der Waals surface area contributed by atoms with Crippen molar-refractivity contribution in [3.63, 3.8) is 0 Å². The molecule has 36 heavy (non-hydrogen) atoms. The molecule has 0 aliphatic heterocycles. The van der Waals surface area contributed by atoms with Gasteiger partial charge in [-0.3, -0.25) is 10.1 Å². The number of unbranched alkanes of at least 4 members (excludes halogenated alkanes) is 1. The van der Waals surface area contributed by atoms with Crippen LogP contribution in [0.1, 0.15) is 24.0 Å². The van der Waals surface area contributed by atoms with E-state index in [1.54, 1.807) is 31.2 Å². The Labute approximate surface area is 209 Å². The first-order valence-electron chi connectivity index (χ1n) is 11.3. The van der Waals surface area contributed by atoms with E-state index in [4.69, 9.17) is 4.74 Å². The minimum atomic E-state index is -0.476. The zero-order chi connectivity index (χ0) is 26.1. The lowest BCUT2D eigenvalue weighted by atomic mass is 10.1. The van der Waals surface area contributed by atoms with Gasteiger partial charge in [0.25, 0.3) is 5.69 Å². The molecule has 0 atom stereocenters. The number of methoxy groups -OCH3 is 1. The molecule has 0 unspecified atom stereocenters. The molecule has 3 rings (SSSR count). The maximum atomic E-state index is 11.3. The van der Waals surface area contributed by atoms with Crippen LogP contribution in [0.3, 0.4) is 0 Å². The van der Waals surface area contributed by atoms with Gasteiger partial charge in [0.2, 0.25) is 0 Å². The van der Waals surface area contributed by atoms with Crippen LogP contribution in [0.4, 0.5) is 34.1 Å². The first-order chi connectivity index (χ1) is 17.3. The Bertz CT molecular complexity index is 1290. The number of rotatable bonds is 11. The second kappa shape index (κ2) is 12.3. The van der Waals surface area contributed by atoms with Crippen molar-refractivity contribution in [2.24, 2.45) is 20.5 Å². The third-order valence-corrected chi connectivity index (χ3v) is 5.47. The predicted octanol–water partition coefficient (Wildman–Crippen LogP) is 7.47. The fourth-order valence-corrected chi connectivity index (χ4v) is 3.41. The van der Waals surface area contributed by atoms with E-state index in [2.05, 4.69) is 25.4 Å². The maximum absolute atomic E-state index is 11.3. The van der Waals surface area contributed by atoms with Crippen molar-refractivity contribution in [1.29, 1.82) is 0 Å². The lowest BCUT2D eigenvalue weighted by Gasteiger charge is -2.18. The van der Waals surface area contributed by atoms with Crippen LogP contribution >= 0.6 is 0 Å². The van der Waals surface area contributed by atoms with Crippen LogP contribution in [0.5, 0.6) is 5.75 Å². The summed E-state index contributed by atoms with van der Waals surface area (Å²) in [7, 11) is 3.50. The normalized spacial score (nSPS) is 11.2. The van der Waals surface area contributed by atoms with Gasteiger partial charge < -0.3 is 14.4 Å². The lowest BCUT2D eigenvalue weighted by Crippen LogP contribution is -2.18. The summed E-state index contributed by atoms with van der Waals surface area (Å²) in [6, 6.07) is 15.9.